The van der Waals surface area contributed by atoms with Crippen LogP contribution in [-0.2, 0) is 30.9 Å². The number of halogens is 1. The van der Waals surface area contributed by atoms with E-state index >= 15 is 0 Å². The maximum absolute atomic E-state index is 13.2. The highest BCUT2D eigenvalue weighted by molar-refractivity contribution is 9.10. The molecule has 0 radical (unpaired) electrons. The van der Waals surface area contributed by atoms with Crippen LogP contribution in [-0.4, -0.2) is 49.4 Å². The maximum atomic E-state index is 13.2. The van der Waals surface area contributed by atoms with Gasteiger partial charge in [0, 0.05) is 24.1 Å². The van der Waals surface area contributed by atoms with Crippen LogP contribution in [0.15, 0.2) is 108 Å². The molecule has 0 spiro atoms. The zero-order valence-corrected chi connectivity index (χ0v) is 29.6. The molecule has 12 bridgehead atoms. The smallest absolute Gasteiger partial charge is 0.407 e. The molecule has 0 atom stereocenters. The summed E-state index contributed by atoms with van der Waals surface area (Å²) in [6.07, 6.45) is 5.04. The fourth-order valence-corrected chi connectivity index (χ4v) is 5.94. The van der Waals surface area contributed by atoms with E-state index in [0.717, 1.165) is 22.3 Å². The van der Waals surface area contributed by atoms with Crippen LogP contribution >= 0.6 is 15.9 Å². The van der Waals surface area contributed by atoms with Gasteiger partial charge >= 0.3 is 6.09 Å². The summed E-state index contributed by atoms with van der Waals surface area (Å²) < 4.78 is 28.5. The largest absolute Gasteiger partial charge is 0.445 e. The molecule has 1 aliphatic heterocycles. The van der Waals surface area contributed by atoms with E-state index in [4.69, 9.17) is 22.4 Å². The number of nitrogens with one attached hydrogen (secondary N) is 3. The topological polar surface area (TPSA) is 214 Å². The summed E-state index contributed by atoms with van der Waals surface area (Å²) in [6, 6.07) is 18.4. The Morgan fingerprint density at radius 3 is 1.70 bits per heavy atom. The SMILES string of the molecule is O=C(NCCc1cc2cc(c1)CNC(=O)c1coc(n1)-c1coc(n1)-c1cc(Br)cc(n1)-c1nc(co1)-c1nc(co1)C(=O)NC2)OCc1ccccc1. The summed E-state index contributed by atoms with van der Waals surface area (Å²) in [5.74, 6) is -0.546. The quantitative estimate of drug-likeness (QED) is 0.180. The fourth-order valence-electron chi connectivity index (χ4n) is 5.50. The lowest BCUT2D eigenvalue weighted by molar-refractivity contribution is 0.0938. The molecule has 54 heavy (non-hydrogen) atoms. The Morgan fingerprint density at radius 2 is 1.15 bits per heavy atom. The minimum absolute atomic E-state index is 0.0282. The Labute approximate surface area is 313 Å². The van der Waals surface area contributed by atoms with Gasteiger partial charge in [0.15, 0.2) is 22.8 Å². The Kier molecular flexibility index (Phi) is 9.50. The van der Waals surface area contributed by atoms with Gasteiger partial charge in [-0.05, 0) is 40.8 Å². The highest BCUT2D eigenvalue weighted by atomic mass is 79.9. The summed E-state index contributed by atoms with van der Waals surface area (Å²) in [4.78, 5) is 60.8. The molecule has 8 rings (SSSR count). The zero-order chi connectivity index (χ0) is 37.0. The van der Waals surface area contributed by atoms with Gasteiger partial charge in [0.1, 0.15) is 43.0 Å². The first-order valence-corrected chi connectivity index (χ1v) is 17.3. The number of benzene rings is 2. The molecule has 0 fully saturated rings. The lowest BCUT2D eigenvalue weighted by atomic mass is 10.0. The van der Waals surface area contributed by atoms with Gasteiger partial charge in [-0.1, -0.05) is 64.5 Å². The van der Waals surface area contributed by atoms with Gasteiger partial charge in [-0.3, -0.25) is 9.59 Å². The van der Waals surface area contributed by atoms with Crippen molar-refractivity contribution in [3.05, 3.63) is 124 Å². The molecule has 16 nitrogen and oxygen atoms in total. The van der Waals surface area contributed by atoms with Crippen molar-refractivity contribution in [2.75, 3.05) is 6.54 Å². The van der Waals surface area contributed by atoms with Gasteiger partial charge in [-0.25, -0.2) is 29.7 Å². The van der Waals surface area contributed by atoms with Crippen molar-refractivity contribution in [1.82, 2.24) is 40.9 Å². The van der Waals surface area contributed by atoms with E-state index in [-0.39, 0.29) is 72.6 Å². The molecule has 0 aliphatic carbocycles. The van der Waals surface area contributed by atoms with E-state index in [0.29, 0.717) is 22.3 Å². The number of carbonyl (C=O) groups is 3. The third-order valence-electron chi connectivity index (χ3n) is 8.06. The maximum Gasteiger partial charge on any atom is 0.407 e. The van der Waals surface area contributed by atoms with Gasteiger partial charge in [0.25, 0.3) is 11.8 Å². The number of nitrogens with zero attached hydrogens (tertiary/aromatic N) is 5. The molecule has 0 saturated carbocycles. The second-order valence-corrected chi connectivity index (χ2v) is 12.9. The number of fused-ring (bicyclic) bond motifs is 16. The molecule has 6 heterocycles. The van der Waals surface area contributed by atoms with E-state index in [2.05, 4.69) is 56.8 Å². The van der Waals surface area contributed by atoms with Crippen LogP contribution in [0.3, 0.4) is 0 Å². The number of hydrogen-bond acceptors (Lipinski definition) is 13. The van der Waals surface area contributed by atoms with E-state index in [1.165, 1.54) is 25.1 Å². The lowest BCUT2D eigenvalue weighted by Crippen LogP contribution is -2.27. The van der Waals surface area contributed by atoms with Gasteiger partial charge < -0.3 is 38.4 Å². The first kappa shape index (κ1) is 34.2. The predicted octanol–water partition coefficient (Wildman–Crippen LogP) is 6.11. The molecular weight excluding hydrogens is 764 g/mol. The van der Waals surface area contributed by atoms with Crippen molar-refractivity contribution in [1.29, 1.82) is 0 Å². The minimum Gasteiger partial charge on any atom is -0.445 e. The molecule has 3 amide bonds. The van der Waals surface area contributed by atoms with Crippen LogP contribution in [0.1, 0.15) is 43.2 Å². The molecule has 0 unspecified atom stereocenters. The van der Waals surface area contributed by atoms with Crippen LogP contribution in [0.25, 0.3) is 46.3 Å². The van der Waals surface area contributed by atoms with Crippen molar-refractivity contribution >= 4 is 33.8 Å². The normalized spacial score (nSPS) is 12.7. The molecule has 270 valence electrons. The van der Waals surface area contributed by atoms with Gasteiger partial charge in [0.05, 0.1) is 0 Å². The van der Waals surface area contributed by atoms with Crippen LogP contribution in [0.2, 0.25) is 0 Å². The number of pyridine rings is 1. The lowest BCUT2D eigenvalue weighted by Gasteiger charge is -2.12. The Hall–Kier alpha value is -6.88. The van der Waals surface area contributed by atoms with Crippen LogP contribution in [0.4, 0.5) is 4.79 Å². The monoisotopic (exact) mass is 790 g/mol. The average Bonchev–Trinajstić information content (AvgIpc) is 4.02. The highest BCUT2D eigenvalue weighted by Gasteiger charge is 2.21. The summed E-state index contributed by atoms with van der Waals surface area (Å²) >= 11 is 3.48. The number of hydrogen-bond donors (Lipinski definition) is 3. The van der Waals surface area contributed by atoms with Crippen molar-refractivity contribution in [3.63, 3.8) is 0 Å². The molecule has 5 aromatic heterocycles. The van der Waals surface area contributed by atoms with Gasteiger partial charge in [0.2, 0.25) is 23.6 Å². The number of aromatic nitrogens is 5. The summed E-state index contributed by atoms with van der Waals surface area (Å²) in [6.45, 7) is 0.679. The van der Waals surface area contributed by atoms with Crippen LogP contribution < -0.4 is 16.0 Å². The first-order valence-electron chi connectivity index (χ1n) is 16.5. The Morgan fingerprint density at radius 1 is 0.648 bits per heavy atom. The third kappa shape index (κ3) is 7.80. The van der Waals surface area contributed by atoms with Crippen molar-refractivity contribution in [2.45, 2.75) is 26.1 Å². The molecular formula is C37H27BrN8O8. The predicted molar refractivity (Wildman–Crippen MR) is 191 cm³/mol. The fraction of sp³-hybridized carbons (Fsp3) is 0.135. The van der Waals surface area contributed by atoms with Crippen molar-refractivity contribution < 1.29 is 36.8 Å². The summed E-state index contributed by atoms with van der Waals surface area (Å²) in [5, 5.41) is 8.48. The average molecular weight is 792 g/mol. The Balaban J connectivity index is 1.05. The molecule has 0 saturated heterocycles. The van der Waals surface area contributed by atoms with Gasteiger partial charge in [-0.2, -0.15) is 0 Å². The number of alkyl carbamates (subject to hydrolysis) is 1. The second kappa shape index (κ2) is 15.0. The number of rotatable bonds is 5. The number of carbonyl (C=O) groups excluding carboxylic acids is 3. The third-order valence-corrected chi connectivity index (χ3v) is 8.52. The van der Waals surface area contributed by atoms with Crippen molar-refractivity contribution in [3.8, 4) is 46.3 Å². The first-order chi connectivity index (χ1) is 26.3. The number of ether oxygens (including phenoxy) is 1. The summed E-state index contributed by atoms with van der Waals surface area (Å²) in [7, 11) is 0. The van der Waals surface area contributed by atoms with E-state index in [9.17, 15) is 14.4 Å². The molecule has 17 heteroatoms. The zero-order valence-electron chi connectivity index (χ0n) is 28.0. The molecule has 7 aromatic rings. The van der Waals surface area contributed by atoms with E-state index < -0.39 is 17.9 Å². The summed E-state index contributed by atoms with van der Waals surface area (Å²) in [5.41, 5.74) is 4.44. The number of oxazole rings is 4. The molecule has 2 aromatic carbocycles. The van der Waals surface area contributed by atoms with E-state index in [1.54, 1.807) is 12.1 Å². The van der Waals surface area contributed by atoms with Gasteiger partial charge in [-0.15, -0.1) is 0 Å². The van der Waals surface area contributed by atoms with E-state index in [1.807, 2.05) is 48.5 Å². The van der Waals surface area contributed by atoms with Crippen molar-refractivity contribution in [2.24, 2.45) is 0 Å². The Bertz CT molecular complexity index is 2350. The second-order valence-electron chi connectivity index (χ2n) is 12.0. The number of amides is 3. The molecule has 3 N–H and O–H groups in total. The van der Waals surface area contributed by atoms with Crippen LogP contribution in [0, 0.1) is 0 Å². The minimum atomic E-state index is -0.548. The van der Waals surface area contributed by atoms with Crippen LogP contribution in [0.5, 0.6) is 0 Å². The standard InChI is InChI=1S/C37H27BrN8O8/c38-24-11-25-33-45-29(18-52-33)35-43-27(16-50-35)31(47)40-13-22-8-21(6-7-39-37(49)54-15-20-4-2-1-3-5-20)9-23(10-22)14-41-32(48)28-17-51-36(44-28)30-19-53-34(46-30)26(12-24)42-25/h1-5,8-12,16-19H,6-7,13-15H2,(H,39,49)(H,40,47)(H,41,48). The highest BCUT2D eigenvalue weighted by Crippen LogP contribution is 2.30. The molecule has 1 aliphatic rings.